The number of nitrogens with one attached hydrogen (secondary N) is 1. The highest BCUT2D eigenvalue weighted by atomic mass is 16.3. The van der Waals surface area contributed by atoms with Gasteiger partial charge in [0.05, 0.1) is 11.8 Å². The number of hydrogen-bond acceptors (Lipinski definition) is 3. The van der Waals surface area contributed by atoms with Gasteiger partial charge in [-0.3, -0.25) is 9.78 Å². The highest BCUT2D eigenvalue weighted by molar-refractivity contribution is 5.94. The minimum Gasteiger partial charge on any atom is -0.469 e. The number of carbonyl (C=O) groups is 1. The lowest BCUT2D eigenvalue weighted by atomic mass is 10.1. The highest BCUT2D eigenvalue weighted by Crippen LogP contribution is 2.06. The summed E-state index contributed by atoms with van der Waals surface area (Å²) in [5.41, 5.74) is 1.50. The Balaban J connectivity index is 1.83. The molecule has 19 heavy (non-hydrogen) atoms. The normalized spacial score (nSPS) is 12.1. The molecule has 1 N–H and O–H groups in total. The molecule has 0 radical (unpaired) electrons. The van der Waals surface area contributed by atoms with Gasteiger partial charge in [-0.2, -0.15) is 0 Å². The van der Waals surface area contributed by atoms with Gasteiger partial charge in [-0.15, -0.1) is 0 Å². The summed E-state index contributed by atoms with van der Waals surface area (Å²) in [6, 6.07) is 7.54. The van der Waals surface area contributed by atoms with E-state index < -0.39 is 0 Å². The van der Waals surface area contributed by atoms with Gasteiger partial charge in [0, 0.05) is 24.4 Å². The van der Waals surface area contributed by atoms with Gasteiger partial charge >= 0.3 is 0 Å². The standard InChI is InChI=1S/C15H18N2O2/c1-11-5-7-13(10-16-11)15(18)17-12(2)6-8-14-4-3-9-19-14/h3-5,7,9-10,12H,6,8H2,1-2H3,(H,17,18). The van der Waals surface area contributed by atoms with Gasteiger partial charge in [0.25, 0.3) is 5.91 Å². The van der Waals surface area contributed by atoms with Crippen LogP contribution in [0.4, 0.5) is 0 Å². The fourth-order valence-electron chi connectivity index (χ4n) is 1.80. The second kappa shape index (κ2) is 6.18. The van der Waals surface area contributed by atoms with E-state index in [0.717, 1.165) is 24.3 Å². The van der Waals surface area contributed by atoms with Gasteiger partial charge in [0.2, 0.25) is 0 Å². The van der Waals surface area contributed by atoms with Crippen LogP contribution in [0.15, 0.2) is 41.1 Å². The summed E-state index contributed by atoms with van der Waals surface area (Å²) in [6.07, 6.45) is 4.93. The second-order valence-electron chi connectivity index (χ2n) is 4.68. The molecule has 2 heterocycles. The molecule has 0 aliphatic carbocycles. The molecule has 1 amide bonds. The highest BCUT2D eigenvalue weighted by Gasteiger charge is 2.10. The minimum atomic E-state index is -0.0838. The Kier molecular flexibility index (Phi) is 4.34. The Morgan fingerprint density at radius 3 is 2.89 bits per heavy atom. The maximum atomic E-state index is 12.0. The average Bonchev–Trinajstić information content (AvgIpc) is 2.90. The van der Waals surface area contributed by atoms with Crippen LogP contribution in [-0.2, 0) is 6.42 Å². The average molecular weight is 258 g/mol. The van der Waals surface area contributed by atoms with E-state index in [-0.39, 0.29) is 11.9 Å². The Hall–Kier alpha value is -2.10. The number of rotatable bonds is 5. The lowest BCUT2D eigenvalue weighted by Gasteiger charge is -2.13. The summed E-state index contributed by atoms with van der Waals surface area (Å²) in [7, 11) is 0. The molecular formula is C15H18N2O2. The number of carbonyl (C=O) groups excluding carboxylic acids is 1. The summed E-state index contributed by atoms with van der Waals surface area (Å²) in [6.45, 7) is 3.89. The Morgan fingerprint density at radius 2 is 2.26 bits per heavy atom. The van der Waals surface area contributed by atoms with Crippen LogP contribution in [0.2, 0.25) is 0 Å². The number of furan rings is 1. The van der Waals surface area contributed by atoms with E-state index in [0.29, 0.717) is 5.56 Å². The van der Waals surface area contributed by atoms with E-state index in [2.05, 4.69) is 10.3 Å². The van der Waals surface area contributed by atoms with Crippen molar-refractivity contribution in [1.82, 2.24) is 10.3 Å². The van der Waals surface area contributed by atoms with Crippen LogP contribution >= 0.6 is 0 Å². The smallest absolute Gasteiger partial charge is 0.253 e. The summed E-state index contributed by atoms with van der Waals surface area (Å²) >= 11 is 0. The molecule has 0 aliphatic rings. The molecule has 0 bridgehead atoms. The predicted octanol–water partition coefficient (Wildman–Crippen LogP) is 2.73. The molecule has 0 fully saturated rings. The van der Waals surface area contributed by atoms with Gasteiger partial charge in [-0.25, -0.2) is 0 Å². The topological polar surface area (TPSA) is 55.1 Å². The first kappa shape index (κ1) is 13.3. The molecule has 0 aliphatic heterocycles. The maximum Gasteiger partial charge on any atom is 0.253 e. The van der Waals surface area contributed by atoms with Crippen LogP contribution < -0.4 is 5.32 Å². The molecule has 0 saturated heterocycles. The SMILES string of the molecule is Cc1ccc(C(=O)NC(C)CCc2ccco2)cn1. The quantitative estimate of drug-likeness (QED) is 0.897. The summed E-state index contributed by atoms with van der Waals surface area (Å²) in [5.74, 6) is 0.859. The van der Waals surface area contributed by atoms with E-state index >= 15 is 0 Å². The molecule has 4 nitrogen and oxygen atoms in total. The first-order chi connectivity index (χ1) is 9.15. The minimum absolute atomic E-state index is 0.0838. The fraction of sp³-hybridized carbons (Fsp3) is 0.333. The third-order valence-electron chi connectivity index (χ3n) is 2.95. The van der Waals surface area contributed by atoms with Crippen LogP contribution in [0.3, 0.4) is 0 Å². The van der Waals surface area contributed by atoms with Crippen molar-refractivity contribution in [1.29, 1.82) is 0 Å². The molecule has 2 rings (SSSR count). The van der Waals surface area contributed by atoms with Gasteiger partial charge in [-0.05, 0) is 44.5 Å². The molecule has 4 heteroatoms. The van der Waals surface area contributed by atoms with Crippen molar-refractivity contribution in [2.24, 2.45) is 0 Å². The number of aryl methyl sites for hydroxylation is 2. The van der Waals surface area contributed by atoms with Crippen molar-refractivity contribution in [3.05, 3.63) is 53.7 Å². The molecule has 1 unspecified atom stereocenters. The van der Waals surface area contributed by atoms with Crippen LogP contribution in [-0.4, -0.2) is 16.9 Å². The monoisotopic (exact) mass is 258 g/mol. The lowest BCUT2D eigenvalue weighted by molar-refractivity contribution is 0.0937. The third-order valence-corrected chi connectivity index (χ3v) is 2.95. The summed E-state index contributed by atoms with van der Waals surface area (Å²) in [5, 5.41) is 2.96. The fourth-order valence-corrected chi connectivity index (χ4v) is 1.80. The zero-order chi connectivity index (χ0) is 13.7. The largest absolute Gasteiger partial charge is 0.469 e. The number of hydrogen-bond donors (Lipinski definition) is 1. The first-order valence-electron chi connectivity index (χ1n) is 6.41. The Bertz CT molecular complexity index is 518. The Morgan fingerprint density at radius 1 is 1.42 bits per heavy atom. The lowest BCUT2D eigenvalue weighted by Crippen LogP contribution is -2.32. The second-order valence-corrected chi connectivity index (χ2v) is 4.68. The van der Waals surface area contributed by atoms with Crippen molar-refractivity contribution >= 4 is 5.91 Å². The molecule has 0 spiro atoms. The van der Waals surface area contributed by atoms with Gasteiger partial charge < -0.3 is 9.73 Å². The van der Waals surface area contributed by atoms with Gasteiger partial charge in [0.15, 0.2) is 0 Å². The van der Waals surface area contributed by atoms with Crippen LogP contribution in [0.5, 0.6) is 0 Å². The maximum absolute atomic E-state index is 12.0. The number of amides is 1. The van der Waals surface area contributed by atoms with Crippen molar-refractivity contribution in [2.45, 2.75) is 32.7 Å². The molecule has 1 atom stereocenters. The van der Waals surface area contributed by atoms with Crippen molar-refractivity contribution in [2.75, 3.05) is 0 Å². The number of aromatic nitrogens is 1. The molecule has 100 valence electrons. The van der Waals surface area contributed by atoms with Crippen molar-refractivity contribution < 1.29 is 9.21 Å². The zero-order valence-corrected chi connectivity index (χ0v) is 11.2. The predicted molar refractivity (Wildman–Crippen MR) is 72.9 cm³/mol. The van der Waals surface area contributed by atoms with E-state index in [1.807, 2.05) is 32.0 Å². The first-order valence-corrected chi connectivity index (χ1v) is 6.41. The van der Waals surface area contributed by atoms with Crippen molar-refractivity contribution in [3.8, 4) is 0 Å². The molecular weight excluding hydrogens is 240 g/mol. The zero-order valence-electron chi connectivity index (χ0n) is 11.2. The number of nitrogens with zero attached hydrogens (tertiary/aromatic N) is 1. The molecule has 2 aromatic rings. The van der Waals surface area contributed by atoms with Gasteiger partial charge in [0.1, 0.15) is 5.76 Å². The summed E-state index contributed by atoms with van der Waals surface area (Å²) < 4.78 is 5.26. The Labute approximate surface area is 112 Å². The van der Waals surface area contributed by atoms with E-state index in [4.69, 9.17) is 4.42 Å². The van der Waals surface area contributed by atoms with Crippen LogP contribution in [0.25, 0.3) is 0 Å². The van der Waals surface area contributed by atoms with E-state index in [9.17, 15) is 4.79 Å². The molecule has 0 saturated carbocycles. The molecule has 0 aromatic carbocycles. The number of pyridine rings is 1. The van der Waals surface area contributed by atoms with Crippen molar-refractivity contribution in [3.63, 3.8) is 0 Å². The van der Waals surface area contributed by atoms with E-state index in [1.165, 1.54) is 0 Å². The van der Waals surface area contributed by atoms with Gasteiger partial charge in [-0.1, -0.05) is 0 Å². The van der Waals surface area contributed by atoms with E-state index in [1.54, 1.807) is 18.5 Å². The third kappa shape index (κ3) is 3.95. The van der Waals surface area contributed by atoms with Crippen LogP contribution in [0, 0.1) is 6.92 Å². The van der Waals surface area contributed by atoms with Crippen LogP contribution in [0.1, 0.15) is 35.2 Å². The summed E-state index contributed by atoms with van der Waals surface area (Å²) in [4.78, 5) is 16.1. The molecule has 2 aromatic heterocycles.